The van der Waals surface area contributed by atoms with Crippen LogP contribution in [0.25, 0.3) is 0 Å². The highest BCUT2D eigenvalue weighted by Gasteiger charge is 2.62. The number of likely N-dealkylation sites (tertiary alicyclic amines) is 1. The average Bonchev–Trinajstić information content (AvgIpc) is 3.05. The van der Waals surface area contributed by atoms with Crippen LogP contribution in [0.5, 0.6) is 5.88 Å². The molecule has 2 fully saturated rings. The summed E-state index contributed by atoms with van der Waals surface area (Å²) in [7, 11) is 1.35. The van der Waals surface area contributed by atoms with Gasteiger partial charge in [0.2, 0.25) is 11.8 Å². The molecular weight excluding hydrogens is 327 g/mol. The van der Waals surface area contributed by atoms with Crippen LogP contribution in [0.1, 0.15) is 16.8 Å². The summed E-state index contributed by atoms with van der Waals surface area (Å²) in [5.41, 5.74) is 0.130. The average molecular weight is 343 g/mol. The minimum Gasteiger partial charge on any atom is -0.480 e. The molecule has 1 aliphatic heterocycles. The fourth-order valence-electron chi connectivity index (χ4n) is 2.75. The van der Waals surface area contributed by atoms with Gasteiger partial charge in [-0.05, 0) is 12.1 Å². The lowest BCUT2D eigenvalue weighted by Gasteiger charge is -2.17. The van der Waals surface area contributed by atoms with E-state index >= 15 is 0 Å². The van der Waals surface area contributed by atoms with Crippen LogP contribution in [0, 0.1) is 5.92 Å². The van der Waals surface area contributed by atoms with E-state index in [9.17, 15) is 22.8 Å². The van der Waals surface area contributed by atoms with Crippen molar-refractivity contribution in [2.75, 3.05) is 20.2 Å². The van der Waals surface area contributed by atoms with Crippen LogP contribution in [0.4, 0.5) is 13.2 Å². The molecule has 2 heterocycles. The van der Waals surface area contributed by atoms with E-state index in [4.69, 9.17) is 4.74 Å². The predicted octanol–water partition coefficient (Wildman–Crippen LogP) is 1.02. The number of amides is 2. The third kappa shape index (κ3) is 3.02. The molecule has 3 atom stereocenters. The maximum Gasteiger partial charge on any atom is 0.260 e. The van der Waals surface area contributed by atoms with Gasteiger partial charge in [-0.15, -0.1) is 0 Å². The van der Waals surface area contributed by atoms with Gasteiger partial charge in [-0.25, -0.2) is 18.2 Å². The summed E-state index contributed by atoms with van der Waals surface area (Å²) in [5, 5.41) is 2.47. The van der Waals surface area contributed by atoms with Gasteiger partial charge in [0.05, 0.1) is 19.7 Å². The molecule has 2 aliphatic rings. The maximum absolute atomic E-state index is 14.1. The summed E-state index contributed by atoms with van der Waals surface area (Å²) in [4.78, 5) is 29.1. The van der Waals surface area contributed by atoms with E-state index in [1.807, 2.05) is 0 Å². The van der Waals surface area contributed by atoms with Gasteiger partial charge in [-0.1, -0.05) is 0 Å². The summed E-state index contributed by atoms with van der Waals surface area (Å²) in [5.74, 6) is -5.63. The van der Waals surface area contributed by atoms with Crippen LogP contribution in [0.2, 0.25) is 0 Å². The number of halogens is 3. The molecule has 1 aromatic rings. The zero-order chi connectivity index (χ0) is 17.5. The zero-order valence-electron chi connectivity index (χ0n) is 12.8. The lowest BCUT2D eigenvalue weighted by molar-refractivity contribution is -0.134. The molecule has 1 N–H and O–H groups in total. The van der Waals surface area contributed by atoms with Crippen molar-refractivity contribution in [3.8, 4) is 5.88 Å². The van der Waals surface area contributed by atoms with Crippen molar-refractivity contribution in [1.82, 2.24) is 15.2 Å². The molecule has 0 aromatic carbocycles. The molecule has 1 saturated heterocycles. The second-order valence-corrected chi connectivity index (χ2v) is 5.92. The Bertz CT molecular complexity index is 670. The van der Waals surface area contributed by atoms with E-state index in [1.165, 1.54) is 25.4 Å². The van der Waals surface area contributed by atoms with Gasteiger partial charge < -0.3 is 15.0 Å². The fourth-order valence-corrected chi connectivity index (χ4v) is 2.75. The third-order valence-corrected chi connectivity index (χ3v) is 4.21. The normalized spacial score (nSPS) is 27.7. The molecule has 1 aliphatic carbocycles. The summed E-state index contributed by atoms with van der Waals surface area (Å²) >= 11 is 0. The Morgan fingerprint density at radius 2 is 2.12 bits per heavy atom. The lowest BCUT2D eigenvalue weighted by atomic mass is 10.2. The molecule has 0 radical (unpaired) electrons. The summed E-state index contributed by atoms with van der Waals surface area (Å²) in [6.45, 7) is -0.443. The Morgan fingerprint density at radius 3 is 2.75 bits per heavy atom. The van der Waals surface area contributed by atoms with Gasteiger partial charge in [-0.2, -0.15) is 0 Å². The maximum atomic E-state index is 14.1. The molecule has 1 aromatic heterocycles. The van der Waals surface area contributed by atoms with Gasteiger partial charge >= 0.3 is 0 Å². The molecule has 0 spiro atoms. The molecule has 2 amide bonds. The Hall–Kier alpha value is -2.32. The molecule has 1 saturated carbocycles. The summed E-state index contributed by atoms with van der Waals surface area (Å²) < 4.78 is 45.0. The summed E-state index contributed by atoms with van der Waals surface area (Å²) in [6.07, 6.45) is -0.573. The SMILES string of the molecule is COc1ncccc1C(=O)N[C@@H]1CN(C(=O)[C@@H]2CC2(F)F)C[C@@H]1F. The molecular formula is C15H16F3N3O3. The third-order valence-electron chi connectivity index (χ3n) is 4.21. The zero-order valence-corrected chi connectivity index (χ0v) is 12.8. The number of rotatable bonds is 4. The van der Waals surface area contributed by atoms with Gasteiger partial charge in [0.15, 0.2) is 0 Å². The number of ether oxygens (including phenoxy) is 1. The molecule has 130 valence electrons. The van der Waals surface area contributed by atoms with E-state index in [0.29, 0.717) is 0 Å². The Balaban J connectivity index is 1.64. The first-order valence-electron chi connectivity index (χ1n) is 7.44. The number of hydrogen-bond donors (Lipinski definition) is 1. The van der Waals surface area contributed by atoms with Crippen molar-refractivity contribution in [3.05, 3.63) is 23.9 Å². The number of alkyl halides is 3. The first-order chi connectivity index (χ1) is 11.3. The second-order valence-electron chi connectivity index (χ2n) is 5.92. The van der Waals surface area contributed by atoms with Crippen molar-refractivity contribution in [1.29, 1.82) is 0 Å². The minimum atomic E-state index is -2.99. The molecule has 6 nitrogen and oxygen atoms in total. The lowest BCUT2D eigenvalue weighted by Crippen LogP contribution is -2.42. The van der Waals surface area contributed by atoms with E-state index in [-0.39, 0.29) is 24.5 Å². The molecule has 24 heavy (non-hydrogen) atoms. The number of nitrogens with zero attached hydrogens (tertiary/aromatic N) is 2. The number of hydrogen-bond acceptors (Lipinski definition) is 4. The Kier molecular flexibility index (Phi) is 4.10. The number of aromatic nitrogens is 1. The van der Waals surface area contributed by atoms with E-state index in [2.05, 4.69) is 10.3 Å². The van der Waals surface area contributed by atoms with Crippen molar-refractivity contribution in [2.24, 2.45) is 5.92 Å². The van der Waals surface area contributed by atoms with Gasteiger partial charge in [0.1, 0.15) is 17.7 Å². The van der Waals surface area contributed by atoms with Gasteiger partial charge in [0, 0.05) is 19.2 Å². The first-order valence-corrected chi connectivity index (χ1v) is 7.44. The standard InChI is InChI=1S/C15H16F3N3O3/c1-24-13-8(3-2-4-19-13)12(22)20-11-7-21(6-10(11)16)14(23)9-5-15(9,17)18/h2-4,9-11H,5-7H2,1H3,(H,20,22)/t9-,10-,11+/m0/s1. The van der Waals surface area contributed by atoms with Crippen LogP contribution in [0.3, 0.4) is 0 Å². The van der Waals surface area contributed by atoms with Crippen LogP contribution in [-0.4, -0.2) is 60.0 Å². The number of carbonyl (C=O) groups is 2. The quantitative estimate of drug-likeness (QED) is 0.886. The van der Waals surface area contributed by atoms with Crippen molar-refractivity contribution >= 4 is 11.8 Å². The van der Waals surface area contributed by atoms with Crippen LogP contribution < -0.4 is 10.1 Å². The summed E-state index contributed by atoms with van der Waals surface area (Å²) in [6, 6.07) is 2.04. The topological polar surface area (TPSA) is 71.5 Å². The van der Waals surface area contributed by atoms with E-state index in [0.717, 1.165) is 4.90 Å². The molecule has 9 heteroatoms. The molecule has 0 unspecified atom stereocenters. The smallest absolute Gasteiger partial charge is 0.260 e. The Labute approximate surface area is 136 Å². The predicted molar refractivity (Wildman–Crippen MR) is 76.6 cm³/mol. The van der Waals surface area contributed by atoms with E-state index in [1.54, 1.807) is 0 Å². The highest BCUT2D eigenvalue weighted by Crippen LogP contribution is 2.49. The van der Waals surface area contributed by atoms with Crippen LogP contribution in [-0.2, 0) is 4.79 Å². The highest BCUT2D eigenvalue weighted by atomic mass is 19.3. The Morgan fingerprint density at radius 1 is 1.42 bits per heavy atom. The number of pyridine rings is 1. The number of carbonyl (C=O) groups excluding carboxylic acids is 2. The molecule has 3 rings (SSSR count). The van der Waals surface area contributed by atoms with Gasteiger partial charge in [-0.3, -0.25) is 9.59 Å². The monoisotopic (exact) mass is 343 g/mol. The number of methoxy groups -OCH3 is 1. The number of nitrogens with one attached hydrogen (secondary N) is 1. The second kappa shape index (κ2) is 5.95. The van der Waals surface area contributed by atoms with Crippen molar-refractivity contribution in [2.45, 2.75) is 24.6 Å². The van der Waals surface area contributed by atoms with Gasteiger partial charge in [0.25, 0.3) is 11.8 Å². The van der Waals surface area contributed by atoms with Crippen molar-refractivity contribution < 1.29 is 27.5 Å². The largest absolute Gasteiger partial charge is 0.480 e. The van der Waals surface area contributed by atoms with Crippen molar-refractivity contribution in [3.63, 3.8) is 0 Å². The van der Waals surface area contributed by atoms with E-state index < -0.39 is 42.3 Å². The first kappa shape index (κ1) is 16.5. The highest BCUT2D eigenvalue weighted by molar-refractivity contribution is 5.96. The van der Waals surface area contributed by atoms with Crippen LogP contribution in [0.15, 0.2) is 18.3 Å². The minimum absolute atomic E-state index is 0.0916. The fraction of sp³-hybridized carbons (Fsp3) is 0.533. The van der Waals surface area contributed by atoms with Crippen LogP contribution >= 0.6 is 0 Å². The molecule has 0 bridgehead atoms.